The highest BCUT2D eigenvalue weighted by Gasteiger charge is 2.38. The third kappa shape index (κ3) is 3.30. The van der Waals surface area contributed by atoms with Crippen molar-refractivity contribution in [3.63, 3.8) is 0 Å². The number of anilines is 1. The van der Waals surface area contributed by atoms with Crippen LogP contribution in [0.2, 0.25) is 0 Å². The molecule has 2 nitrogen and oxygen atoms in total. The molecule has 0 heterocycles. The molecule has 0 amide bonds. The number of nitrogens with two attached hydrogens (primary N) is 1. The van der Waals surface area contributed by atoms with Crippen molar-refractivity contribution in [1.82, 2.24) is 0 Å². The Labute approximate surface area is 93.3 Å². The van der Waals surface area contributed by atoms with Gasteiger partial charge in [-0.05, 0) is 41.1 Å². The number of alkyl halides is 3. The summed E-state index contributed by atoms with van der Waals surface area (Å²) >= 11 is 3.07. The maximum absolute atomic E-state index is 12.2. The zero-order valence-corrected chi connectivity index (χ0v) is 9.39. The third-order valence-electron chi connectivity index (χ3n) is 1.72. The summed E-state index contributed by atoms with van der Waals surface area (Å²) in [7, 11) is 0. The minimum absolute atomic E-state index is 0.119. The van der Waals surface area contributed by atoms with E-state index in [4.69, 9.17) is 10.5 Å². The summed E-state index contributed by atoms with van der Waals surface area (Å²) in [4.78, 5) is 0. The van der Waals surface area contributed by atoms with E-state index in [2.05, 4.69) is 15.9 Å². The minimum Gasteiger partial charge on any atom is -0.480 e. The molecule has 84 valence electrons. The largest absolute Gasteiger partial charge is 0.480 e. The van der Waals surface area contributed by atoms with Gasteiger partial charge in [0, 0.05) is 5.69 Å². The fourth-order valence-electron chi connectivity index (χ4n) is 0.870. The highest BCUT2D eigenvalue weighted by atomic mass is 79.9. The molecule has 0 aliphatic rings. The number of benzene rings is 1. The van der Waals surface area contributed by atoms with Gasteiger partial charge in [-0.25, -0.2) is 0 Å². The molecule has 0 bridgehead atoms. The SMILES string of the molecule is CC(Oc1ccc(N)cc1Br)C(F)(F)F. The van der Waals surface area contributed by atoms with E-state index in [0.29, 0.717) is 10.2 Å². The first-order chi connectivity index (χ1) is 6.80. The van der Waals surface area contributed by atoms with Gasteiger partial charge in [0.05, 0.1) is 4.47 Å². The predicted molar refractivity (Wildman–Crippen MR) is 54.7 cm³/mol. The first-order valence-corrected chi connectivity index (χ1v) is 4.88. The molecule has 0 saturated heterocycles. The van der Waals surface area contributed by atoms with Crippen molar-refractivity contribution in [2.24, 2.45) is 0 Å². The molecule has 0 saturated carbocycles. The van der Waals surface area contributed by atoms with Crippen LogP contribution in [0.3, 0.4) is 0 Å². The lowest BCUT2D eigenvalue weighted by molar-refractivity contribution is -0.189. The Balaban J connectivity index is 2.82. The van der Waals surface area contributed by atoms with Crippen LogP contribution in [0.1, 0.15) is 6.92 Å². The van der Waals surface area contributed by atoms with E-state index >= 15 is 0 Å². The van der Waals surface area contributed by atoms with Crippen molar-refractivity contribution < 1.29 is 17.9 Å². The first-order valence-electron chi connectivity index (χ1n) is 4.09. The van der Waals surface area contributed by atoms with E-state index in [0.717, 1.165) is 6.92 Å². The molecule has 0 spiro atoms. The van der Waals surface area contributed by atoms with E-state index in [1.54, 1.807) is 0 Å². The van der Waals surface area contributed by atoms with E-state index < -0.39 is 12.3 Å². The average molecular weight is 284 g/mol. The Morgan fingerprint density at radius 1 is 1.40 bits per heavy atom. The summed E-state index contributed by atoms with van der Waals surface area (Å²) in [6.45, 7) is 0.947. The molecule has 15 heavy (non-hydrogen) atoms. The zero-order valence-electron chi connectivity index (χ0n) is 7.81. The molecule has 1 atom stereocenters. The van der Waals surface area contributed by atoms with Gasteiger partial charge in [-0.2, -0.15) is 13.2 Å². The normalized spacial score (nSPS) is 13.7. The molecule has 0 fully saturated rings. The third-order valence-corrected chi connectivity index (χ3v) is 2.34. The van der Waals surface area contributed by atoms with Crippen molar-refractivity contribution in [3.05, 3.63) is 22.7 Å². The van der Waals surface area contributed by atoms with E-state index in [1.807, 2.05) is 0 Å². The molecule has 6 heteroatoms. The van der Waals surface area contributed by atoms with Gasteiger partial charge >= 0.3 is 6.18 Å². The van der Waals surface area contributed by atoms with Crippen molar-refractivity contribution in [1.29, 1.82) is 0 Å². The van der Waals surface area contributed by atoms with Crippen LogP contribution in [0.15, 0.2) is 22.7 Å². The number of ether oxygens (including phenoxy) is 1. The maximum atomic E-state index is 12.2. The molecular weight excluding hydrogens is 275 g/mol. The summed E-state index contributed by atoms with van der Waals surface area (Å²) in [5.41, 5.74) is 5.89. The molecule has 2 N–H and O–H groups in total. The monoisotopic (exact) mass is 283 g/mol. The fraction of sp³-hybridized carbons (Fsp3) is 0.333. The summed E-state index contributed by atoms with van der Waals surface area (Å²) in [6.07, 6.45) is -6.22. The molecule has 0 radical (unpaired) electrons. The standard InChI is InChI=1S/C9H9BrF3NO/c1-5(9(11,12)13)15-8-3-2-6(14)4-7(8)10/h2-5H,14H2,1H3. The van der Waals surface area contributed by atoms with Crippen LogP contribution in [0.5, 0.6) is 5.75 Å². The number of rotatable bonds is 2. The van der Waals surface area contributed by atoms with Crippen LogP contribution in [0, 0.1) is 0 Å². The van der Waals surface area contributed by atoms with Crippen LogP contribution >= 0.6 is 15.9 Å². The van der Waals surface area contributed by atoms with Crippen LogP contribution in [-0.4, -0.2) is 12.3 Å². The van der Waals surface area contributed by atoms with Crippen molar-refractivity contribution in [2.45, 2.75) is 19.2 Å². The summed E-state index contributed by atoms with van der Waals surface area (Å²) in [6, 6.07) is 4.35. The van der Waals surface area contributed by atoms with Crippen LogP contribution in [0.25, 0.3) is 0 Å². The smallest absolute Gasteiger partial charge is 0.425 e. The second kappa shape index (κ2) is 4.30. The number of halogens is 4. The van der Waals surface area contributed by atoms with Crippen molar-refractivity contribution in [3.8, 4) is 5.75 Å². The average Bonchev–Trinajstić information content (AvgIpc) is 2.08. The molecule has 1 aromatic carbocycles. The summed E-state index contributed by atoms with van der Waals surface area (Å²) < 4.78 is 41.7. The highest BCUT2D eigenvalue weighted by Crippen LogP contribution is 2.31. The zero-order chi connectivity index (χ0) is 11.6. The van der Waals surface area contributed by atoms with Gasteiger partial charge in [0.2, 0.25) is 0 Å². The van der Waals surface area contributed by atoms with Crippen molar-refractivity contribution >= 4 is 21.6 Å². The number of hydrogen-bond acceptors (Lipinski definition) is 2. The van der Waals surface area contributed by atoms with Gasteiger partial charge < -0.3 is 10.5 Å². The lowest BCUT2D eigenvalue weighted by Crippen LogP contribution is -2.31. The van der Waals surface area contributed by atoms with Crippen LogP contribution in [0.4, 0.5) is 18.9 Å². The Bertz CT molecular complexity index is 354. The van der Waals surface area contributed by atoms with Gasteiger partial charge in [0.15, 0.2) is 6.10 Å². The molecule has 1 unspecified atom stereocenters. The molecule has 1 rings (SSSR count). The van der Waals surface area contributed by atoms with Gasteiger partial charge in [0.25, 0.3) is 0 Å². The van der Waals surface area contributed by atoms with Gasteiger partial charge in [0.1, 0.15) is 5.75 Å². The van der Waals surface area contributed by atoms with Gasteiger partial charge in [-0.3, -0.25) is 0 Å². The fourth-order valence-corrected chi connectivity index (χ4v) is 1.36. The Hall–Kier alpha value is -0.910. The highest BCUT2D eigenvalue weighted by molar-refractivity contribution is 9.10. The Morgan fingerprint density at radius 2 is 2.00 bits per heavy atom. The van der Waals surface area contributed by atoms with E-state index in [1.165, 1.54) is 18.2 Å². The Morgan fingerprint density at radius 3 is 2.47 bits per heavy atom. The van der Waals surface area contributed by atoms with E-state index in [-0.39, 0.29) is 5.75 Å². The molecule has 0 aliphatic carbocycles. The van der Waals surface area contributed by atoms with Crippen molar-refractivity contribution in [2.75, 3.05) is 5.73 Å². The predicted octanol–water partition coefficient (Wildman–Crippen LogP) is 3.36. The first kappa shape index (κ1) is 12.2. The lowest BCUT2D eigenvalue weighted by atomic mass is 10.3. The quantitative estimate of drug-likeness (QED) is 0.845. The Kier molecular flexibility index (Phi) is 3.49. The van der Waals surface area contributed by atoms with E-state index in [9.17, 15) is 13.2 Å². The molecular formula is C9H9BrF3NO. The van der Waals surface area contributed by atoms with Gasteiger partial charge in [-0.1, -0.05) is 0 Å². The maximum Gasteiger partial charge on any atom is 0.425 e. The number of nitrogen functional groups attached to an aromatic ring is 1. The second-order valence-corrected chi connectivity index (χ2v) is 3.85. The topological polar surface area (TPSA) is 35.2 Å². The van der Waals surface area contributed by atoms with Crippen LogP contribution < -0.4 is 10.5 Å². The van der Waals surface area contributed by atoms with Crippen LogP contribution in [-0.2, 0) is 0 Å². The summed E-state index contributed by atoms with van der Waals surface area (Å²) in [5.74, 6) is 0.119. The van der Waals surface area contributed by atoms with Gasteiger partial charge in [-0.15, -0.1) is 0 Å². The molecule has 0 aromatic heterocycles. The lowest BCUT2D eigenvalue weighted by Gasteiger charge is -2.18. The molecule has 0 aliphatic heterocycles. The second-order valence-electron chi connectivity index (χ2n) is 2.99. The molecule has 1 aromatic rings. The minimum atomic E-state index is -4.37. The summed E-state index contributed by atoms with van der Waals surface area (Å²) in [5, 5.41) is 0. The number of hydrogen-bond donors (Lipinski definition) is 1.